The summed E-state index contributed by atoms with van der Waals surface area (Å²) >= 11 is 6.37. The minimum Gasteiger partial charge on any atom is -0.398 e. The van der Waals surface area contributed by atoms with Crippen molar-refractivity contribution in [3.63, 3.8) is 0 Å². The van der Waals surface area contributed by atoms with Gasteiger partial charge in [0.05, 0.1) is 29.5 Å². The van der Waals surface area contributed by atoms with Gasteiger partial charge in [0.15, 0.2) is 0 Å². The summed E-state index contributed by atoms with van der Waals surface area (Å²) in [5.41, 5.74) is 9.21. The molecular formula is C29H32ClFN6O3. The zero-order valence-electron chi connectivity index (χ0n) is 22.3. The first-order valence-electron chi connectivity index (χ1n) is 13.2. The second kappa shape index (κ2) is 12.1. The number of piperazine rings is 1. The molecule has 0 saturated carbocycles. The van der Waals surface area contributed by atoms with E-state index in [0.717, 1.165) is 31.9 Å². The predicted octanol–water partition coefficient (Wildman–Crippen LogP) is 4.15. The number of hydrogen-bond donors (Lipinski definition) is 3. The number of nitrogens with two attached hydrogens (primary N) is 1. The number of ether oxygens (including phenoxy) is 1. The molecule has 2 fully saturated rings. The van der Waals surface area contributed by atoms with Crippen molar-refractivity contribution >= 4 is 51.9 Å². The van der Waals surface area contributed by atoms with E-state index >= 15 is 0 Å². The molecule has 2 amide bonds. The quantitative estimate of drug-likeness (QED) is 0.385. The van der Waals surface area contributed by atoms with Gasteiger partial charge in [0.2, 0.25) is 0 Å². The maximum absolute atomic E-state index is 14.4. The number of halogens is 2. The molecule has 210 valence electrons. The standard InChI is InChI=1S/C29H32ClFN6O3/c1-35-6-8-36(9-7-35)22-3-5-26(32)24(18-22)29(39)34-27-14-19(2-4-25(27)30)28(38)33-21-15-20(31)16-23(17-21)37-10-12-40-13-11-37/h2-5,14-18H,6-13,32H2,1H3,(H,33,38)(H,34,39). The molecule has 2 aliphatic heterocycles. The highest BCUT2D eigenvalue weighted by atomic mass is 35.5. The van der Waals surface area contributed by atoms with Crippen LogP contribution in [0.1, 0.15) is 20.7 Å². The molecule has 5 rings (SSSR count). The summed E-state index contributed by atoms with van der Waals surface area (Å²) < 4.78 is 19.7. The minimum absolute atomic E-state index is 0.246. The van der Waals surface area contributed by atoms with Crippen LogP contribution in [0.15, 0.2) is 54.6 Å². The maximum Gasteiger partial charge on any atom is 0.257 e. The lowest BCUT2D eigenvalue weighted by atomic mass is 10.1. The number of rotatable bonds is 6. The topological polar surface area (TPSA) is 103 Å². The number of anilines is 5. The lowest BCUT2D eigenvalue weighted by Gasteiger charge is -2.34. The van der Waals surface area contributed by atoms with E-state index in [-0.39, 0.29) is 16.3 Å². The molecule has 3 aromatic carbocycles. The number of carbonyl (C=O) groups is 2. The van der Waals surface area contributed by atoms with E-state index in [1.165, 1.54) is 30.3 Å². The molecule has 0 aromatic heterocycles. The minimum atomic E-state index is -0.470. The molecule has 2 saturated heterocycles. The molecule has 11 heteroatoms. The maximum atomic E-state index is 14.4. The second-order valence-electron chi connectivity index (χ2n) is 9.96. The summed E-state index contributed by atoms with van der Waals surface area (Å²) in [5, 5.41) is 5.80. The van der Waals surface area contributed by atoms with Gasteiger partial charge in [-0.05, 0) is 61.6 Å². The molecule has 0 unspecified atom stereocenters. The molecule has 9 nitrogen and oxygen atoms in total. The van der Waals surface area contributed by atoms with E-state index in [0.29, 0.717) is 48.9 Å². The van der Waals surface area contributed by atoms with E-state index < -0.39 is 17.6 Å². The Morgan fingerprint density at radius 2 is 1.57 bits per heavy atom. The zero-order valence-corrected chi connectivity index (χ0v) is 23.0. The van der Waals surface area contributed by atoms with Crippen molar-refractivity contribution in [2.45, 2.75) is 0 Å². The van der Waals surface area contributed by atoms with Crippen LogP contribution in [-0.2, 0) is 4.74 Å². The Kier molecular flexibility index (Phi) is 8.39. The van der Waals surface area contributed by atoms with Crippen molar-refractivity contribution < 1.29 is 18.7 Å². The first kappa shape index (κ1) is 27.7. The van der Waals surface area contributed by atoms with Crippen molar-refractivity contribution in [3.05, 3.63) is 76.6 Å². The Labute approximate surface area is 237 Å². The van der Waals surface area contributed by atoms with Crippen LogP contribution >= 0.6 is 11.6 Å². The predicted molar refractivity (Wildman–Crippen MR) is 157 cm³/mol. The van der Waals surface area contributed by atoms with E-state index in [1.54, 1.807) is 18.2 Å². The average molecular weight is 567 g/mol. The summed E-state index contributed by atoms with van der Waals surface area (Å²) in [7, 11) is 2.08. The molecular weight excluding hydrogens is 535 g/mol. The molecule has 2 heterocycles. The highest BCUT2D eigenvalue weighted by Gasteiger charge is 2.19. The third-order valence-corrected chi connectivity index (χ3v) is 7.47. The van der Waals surface area contributed by atoms with Gasteiger partial charge in [-0.15, -0.1) is 0 Å². The van der Waals surface area contributed by atoms with Gasteiger partial charge in [0, 0.05) is 67.6 Å². The lowest BCUT2D eigenvalue weighted by Crippen LogP contribution is -2.44. The molecule has 0 radical (unpaired) electrons. The van der Waals surface area contributed by atoms with E-state index in [2.05, 4.69) is 27.5 Å². The summed E-state index contributed by atoms with van der Waals surface area (Å²) in [5.74, 6) is -1.37. The Bertz CT molecular complexity index is 1410. The number of nitrogen functional groups attached to an aromatic ring is 1. The smallest absolute Gasteiger partial charge is 0.257 e. The van der Waals surface area contributed by atoms with Gasteiger partial charge in [-0.3, -0.25) is 9.59 Å². The average Bonchev–Trinajstić information content (AvgIpc) is 2.95. The van der Waals surface area contributed by atoms with Crippen molar-refractivity contribution in [2.24, 2.45) is 0 Å². The van der Waals surface area contributed by atoms with Crippen LogP contribution < -0.4 is 26.2 Å². The largest absolute Gasteiger partial charge is 0.398 e. The van der Waals surface area contributed by atoms with Gasteiger partial charge in [-0.2, -0.15) is 0 Å². The number of hydrogen-bond acceptors (Lipinski definition) is 7. The fourth-order valence-corrected chi connectivity index (χ4v) is 4.97. The fourth-order valence-electron chi connectivity index (χ4n) is 4.81. The molecule has 4 N–H and O–H groups in total. The Morgan fingerprint density at radius 1 is 0.850 bits per heavy atom. The van der Waals surface area contributed by atoms with Gasteiger partial charge in [0.1, 0.15) is 5.82 Å². The Morgan fingerprint density at radius 3 is 2.33 bits per heavy atom. The molecule has 0 bridgehead atoms. The third kappa shape index (κ3) is 6.47. The Balaban J connectivity index is 1.31. The Hall–Kier alpha value is -3.86. The number of amides is 2. The molecule has 0 spiro atoms. The van der Waals surface area contributed by atoms with E-state index in [9.17, 15) is 14.0 Å². The van der Waals surface area contributed by atoms with Crippen LogP contribution in [-0.4, -0.2) is 76.2 Å². The highest BCUT2D eigenvalue weighted by molar-refractivity contribution is 6.34. The molecule has 0 atom stereocenters. The number of likely N-dealkylation sites (N-methyl/N-ethyl adjacent to an activating group) is 1. The van der Waals surface area contributed by atoms with Crippen molar-refractivity contribution in [1.82, 2.24) is 4.90 Å². The van der Waals surface area contributed by atoms with Crippen molar-refractivity contribution in [2.75, 3.05) is 85.7 Å². The number of nitrogens with one attached hydrogen (secondary N) is 2. The van der Waals surface area contributed by atoms with Crippen molar-refractivity contribution in [1.29, 1.82) is 0 Å². The summed E-state index contributed by atoms with van der Waals surface area (Å²) in [4.78, 5) is 32.8. The second-order valence-corrected chi connectivity index (χ2v) is 10.4. The first-order valence-corrected chi connectivity index (χ1v) is 13.5. The van der Waals surface area contributed by atoms with Crippen LogP contribution in [0.4, 0.5) is 32.8 Å². The number of morpholine rings is 1. The zero-order chi connectivity index (χ0) is 28.2. The normalized spacial score (nSPS) is 16.1. The SMILES string of the molecule is CN1CCN(c2ccc(N)c(C(=O)Nc3cc(C(=O)Nc4cc(F)cc(N5CCOCC5)c4)ccc3Cl)c2)CC1. The summed E-state index contributed by atoms with van der Waals surface area (Å²) in [6.07, 6.45) is 0. The molecule has 0 aliphatic carbocycles. The van der Waals surface area contributed by atoms with Gasteiger partial charge in [0.25, 0.3) is 11.8 Å². The summed E-state index contributed by atoms with van der Waals surface area (Å²) in [6.45, 7) is 5.96. The molecule has 2 aliphatic rings. The number of nitrogens with zero attached hydrogens (tertiary/aromatic N) is 3. The van der Waals surface area contributed by atoms with Gasteiger partial charge in [-0.25, -0.2) is 4.39 Å². The summed E-state index contributed by atoms with van der Waals surface area (Å²) in [6, 6.07) is 14.4. The van der Waals surface area contributed by atoms with Gasteiger partial charge in [-0.1, -0.05) is 11.6 Å². The molecule has 3 aromatic rings. The van der Waals surface area contributed by atoms with Gasteiger partial charge >= 0.3 is 0 Å². The van der Waals surface area contributed by atoms with Crippen LogP contribution in [0.25, 0.3) is 0 Å². The lowest BCUT2D eigenvalue weighted by molar-refractivity contribution is 0.101. The number of benzene rings is 3. The third-order valence-electron chi connectivity index (χ3n) is 7.14. The monoisotopic (exact) mass is 566 g/mol. The molecule has 40 heavy (non-hydrogen) atoms. The van der Waals surface area contributed by atoms with Crippen LogP contribution in [0.3, 0.4) is 0 Å². The highest BCUT2D eigenvalue weighted by Crippen LogP contribution is 2.28. The van der Waals surface area contributed by atoms with E-state index in [4.69, 9.17) is 22.1 Å². The number of carbonyl (C=O) groups excluding carboxylic acids is 2. The van der Waals surface area contributed by atoms with Crippen LogP contribution in [0.5, 0.6) is 0 Å². The fraction of sp³-hybridized carbons (Fsp3) is 0.310. The van der Waals surface area contributed by atoms with Crippen molar-refractivity contribution in [3.8, 4) is 0 Å². The van der Waals surface area contributed by atoms with E-state index in [1.807, 2.05) is 11.0 Å². The van der Waals surface area contributed by atoms with Gasteiger partial charge < -0.3 is 35.8 Å². The van der Waals surface area contributed by atoms with Crippen LogP contribution in [0, 0.1) is 5.82 Å². The van der Waals surface area contributed by atoms with Crippen LogP contribution in [0.2, 0.25) is 5.02 Å². The first-order chi connectivity index (χ1) is 19.3.